The topological polar surface area (TPSA) is 73.9 Å². The highest BCUT2D eigenvalue weighted by Gasteiger charge is 2.19. The second-order valence-corrected chi connectivity index (χ2v) is 6.75. The molecule has 0 aliphatic rings. The molecule has 0 heterocycles. The number of halogens is 3. The number of carbonyl (C=O) groups excluding carboxylic acids is 2. The molecule has 0 aliphatic carbocycles. The molecule has 0 radical (unpaired) electrons. The van der Waals surface area contributed by atoms with E-state index in [4.69, 9.17) is 37.4 Å². The van der Waals surface area contributed by atoms with E-state index in [1.165, 1.54) is 31.4 Å². The van der Waals surface area contributed by atoms with E-state index in [1.807, 2.05) is 13.8 Å². The van der Waals surface area contributed by atoms with Gasteiger partial charge in [0.2, 0.25) is 0 Å². The largest absolute Gasteiger partial charge is 0.493 e. The molecular weight excluding hydrogens is 412 g/mol. The van der Waals surface area contributed by atoms with E-state index >= 15 is 0 Å². The average molecular weight is 430 g/mol. The highest BCUT2D eigenvalue weighted by Crippen LogP contribution is 2.37. The molecule has 9 heteroatoms. The molecule has 0 aromatic heterocycles. The number of rotatable bonds is 7. The minimum atomic E-state index is -0.807. The summed E-state index contributed by atoms with van der Waals surface area (Å²) >= 11 is 11.9. The van der Waals surface area contributed by atoms with Crippen molar-refractivity contribution in [3.05, 3.63) is 51.8 Å². The zero-order valence-electron chi connectivity index (χ0n) is 15.3. The van der Waals surface area contributed by atoms with Gasteiger partial charge in [0.25, 0.3) is 5.91 Å². The van der Waals surface area contributed by atoms with E-state index in [0.717, 1.165) is 6.07 Å². The second kappa shape index (κ2) is 9.61. The maximum absolute atomic E-state index is 13.6. The summed E-state index contributed by atoms with van der Waals surface area (Å²) in [5.41, 5.74) is -0.0480. The minimum absolute atomic E-state index is 0.0692. The summed E-state index contributed by atoms with van der Waals surface area (Å²) in [6.07, 6.45) is -0.153. The molecule has 28 heavy (non-hydrogen) atoms. The first kappa shape index (κ1) is 21.8. The van der Waals surface area contributed by atoms with Crippen LogP contribution >= 0.6 is 23.2 Å². The Morgan fingerprint density at radius 3 is 2.54 bits per heavy atom. The molecule has 0 fully saturated rings. The van der Waals surface area contributed by atoms with Gasteiger partial charge in [-0.3, -0.25) is 4.79 Å². The van der Waals surface area contributed by atoms with Gasteiger partial charge < -0.3 is 19.5 Å². The van der Waals surface area contributed by atoms with Crippen molar-refractivity contribution < 1.29 is 28.2 Å². The van der Waals surface area contributed by atoms with Gasteiger partial charge in [-0.1, -0.05) is 23.2 Å². The fourth-order valence-electron chi connectivity index (χ4n) is 2.18. The van der Waals surface area contributed by atoms with Crippen LogP contribution in [0.1, 0.15) is 24.2 Å². The van der Waals surface area contributed by atoms with Crippen LogP contribution in [0.2, 0.25) is 10.0 Å². The van der Waals surface area contributed by atoms with Crippen molar-refractivity contribution in [3.8, 4) is 11.5 Å². The van der Waals surface area contributed by atoms with Crippen LogP contribution in [0.3, 0.4) is 0 Å². The van der Waals surface area contributed by atoms with E-state index in [1.54, 1.807) is 0 Å². The molecule has 0 bridgehead atoms. The number of hydrogen-bond donors (Lipinski definition) is 1. The fraction of sp³-hybridized carbons (Fsp3) is 0.263. The van der Waals surface area contributed by atoms with Crippen LogP contribution in [0, 0.1) is 5.82 Å². The van der Waals surface area contributed by atoms with E-state index in [-0.39, 0.29) is 33.1 Å². The highest BCUT2D eigenvalue weighted by molar-refractivity contribution is 6.32. The Morgan fingerprint density at radius 1 is 1.18 bits per heavy atom. The Bertz CT molecular complexity index is 889. The van der Waals surface area contributed by atoms with Crippen LogP contribution in [-0.4, -0.2) is 31.7 Å². The van der Waals surface area contributed by atoms with Gasteiger partial charge in [-0.2, -0.15) is 0 Å². The lowest BCUT2D eigenvalue weighted by molar-refractivity contribution is -0.119. The molecule has 0 atom stereocenters. The zero-order valence-corrected chi connectivity index (χ0v) is 16.9. The summed E-state index contributed by atoms with van der Waals surface area (Å²) < 4.78 is 29.3. The number of hydrogen-bond acceptors (Lipinski definition) is 5. The van der Waals surface area contributed by atoms with E-state index in [0.29, 0.717) is 5.75 Å². The van der Waals surface area contributed by atoms with Gasteiger partial charge >= 0.3 is 5.97 Å². The fourth-order valence-corrected chi connectivity index (χ4v) is 2.61. The summed E-state index contributed by atoms with van der Waals surface area (Å²) in [7, 11) is 1.40. The third-order valence-electron chi connectivity index (χ3n) is 3.36. The van der Waals surface area contributed by atoms with Crippen molar-refractivity contribution in [2.45, 2.75) is 20.0 Å². The second-order valence-electron chi connectivity index (χ2n) is 5.90. The number of methoxy groups -OCH3 is 1. The number of ether oxygens (including phenoxy) is 3. The average Bonchev–Trinajstić information content (AvgIpc) is 2.63. The van der Waals surface area contributed by atoms with Crippen molar-refractivity contribution in [2.24, 2.45) is 0 Å². The molecule has 0 unspecified atom stereocenters. The van der Waals surface area contributed by atoms with E-state index in [2.05, 4.69) is 5.32 Å². The Morgan fingerprint density at radius 2 is 1.89 bits per heavy atom. The first-order valence-electron chi connectivity index (χ1n) is 8.17. The van der Waals surface area contributed by atoms with Gasteiger partial charge in [-0.05, 0) is 44.2 Å². The van der Waals surface area contributed by atoms with E-state index in [9.17, 15) is 14.0 Å². The number of benzene rings is 2. The molecule has 1 amide bonds. The summed E-state index contributed by atoms with van der Waals surface area (Å²) in [5, 5.41) is 2.68. The number of carbonyl (C=O) groups is 2. The Balaban J connectivity index is 2.05. The molecule has 6 nitrogen and oxygen atoms in total. The Kier molecular flexibility index (Phi) is 7.48. The third-order valence-corrected chi connectivity index (χ3v) is 3.87. The molecular formula is C19H18Cl2FNO5. The number of amides is 1. The van der Waals surface area contributed by atoms with Gasteiger partial charge in [-0.15, -0.1) is 0 Å². The zero-order chi connectivity index (χ0) is 20.8. The van der Waals surface area contributed by atoms with Gasteiger partial charge in [0.15, 0.2) is 18.1 Å². The van der Waals surface area contributed by atoms with Crippen LogP contribution in [-0.2, 0) is 9.53 Å². The molecule has 150 valence electrons. The van der Waals surface area contributed by atoms with Gasteiger partial charge in [0.05, 0.1) is 29.5 Å². The number of esters is 1. The predicted molar refractivity (Wildman–Crippen MR) is 104 cm³/mol. The summed E-state index contributed by atoms with van der Waals surface area (Å²) in [4.78, 5) is 24.1. The van der Waals surface area contributed by atoms with Gasteiger partial charge in [-0.25, -0.2) is 9.18 Å². The standard InChI is InChI=1S/C19H18Cl2FNO5/c1-10(2)28-18-13(21)6-11(7-16(18)26-3)19(25)27-9-17(24)23-15-8-12(20)4-5-14(15)22/h4-8,10H,9H2,1-3H3,(H,23,24). The lowest BCUT2D eigenvalue weighted by Gasteiger charge is -2.16. The molecule has 0 aliphatic heterocycles. The molecule has 2 rings (SSSR count). The van der Waals surface area contributed by atoms with Crippen molar-refractivity contribution in [1.82, 2.24) is 0 Å². The van der Waals surface area contributed by atoms with Crippen LogP contribution in [0.5, 0.6) is 11.5 Å². The summed E-state index contributed by atoms with van der Waals surface area (Å²) in [6.45, 7) is 3.01. The smallest absolute Gasteiger partial charge is 0.338 e. The quantitative estimate of drug-likeness (QED) is 0.644. The number of nitrogens with one attached hydrogen (secondary N) is 1. The highest BCUT2D eigenvalue weighted by atomic mass is 35.5. The van der Waals surface area contributed by atoms with Gasteiger partial charge in [0.1, 0.15) is 5.82 Å². The first-order chi connectivity index (χ1) is 13.2. The first-order valence-corrected chi connectivity index (χ1v) is 8.93. The predicted octanol–water partition coefficient (Wildman–Crippen LogP) is 4.72. The van der Waals surface area contributed by atoms with Crippen molar-refractivity contribution >= 4 is 40.8 Å². The van der Waals surface area contributed by atoms with Crippen LogP contribution in [0.25, 0.3) is 0 Å². The maximum atomic E-state index is 13.6. The Hall–Kier alpha value is -2.51. The molecule has 2 aromatic carbocycles. The van der Waals surface area contributed by atoms with E-state index < -0.39 is 24.3 Å². The van der Waals surface area contributed by atoms with Crippen LogP contribution in [0.15, 0.2) is 30.3 Å². The molecule has 0 saturated carbocycles. The summed E-state index contributed by atoms with van der Waals surface area (Å²) in [6, 6.07) is 6.43. The molecule has 0 saturated heterocycles. The van der Waals surface area contributed by atoms with Gasteiger partial charge in [0, 0.05) is 5.02 Å². The minimum Gasteiger partial charge on any atom is -0.493 e. The summed E-state index contributed by atoms with van der Waals surface area (Å²) in [5.74, 6) is -1.66. The monoisotopic (exact) mass is 429 g/mol. The van der Waals surface area contributed by atoms with Crippen molar-refractivity contribution in [2.75, 3.05) is 19.0 Å². The molecule has 0 spiro atoms. The third kappa shape index (κ3) is 5.74. The van der Waals surface area contributed by atoms with Crippen molar-refractivity contribution in [3.63, 3.8) is 0 Å². The molecule has 1 N–H and O–H groups in total. The molecule has 2 aromatic rings. The number of anilines is 1. The van der Waals surface area contributed by atoms with Crippen LogP contribution in [0.4, 0.5) is 10.1 Å². The maximum Gasteiger partial charge on any atom is 0.338 e. The lowest BCUT2D eigenvalue weighted by atomic mass is 10.2. The van der Waals surface area contributed by atoms with Crippen molar-refractivity contribution in [1.29, 1.82) is 0 Å². The lowest BCUT2D eigenvalue weighted by Crippen LogP contribution is -2.21. The normalized spacial score (nSPS) is 10.5. The SMILES string of the molecule is COc1cc(C(=O)OCC(=O)Nc2cc(Cl)ccc2F)cc(Cl)c1OC(C)C. The van der Waals surface area contributed by atoms with Crippen LogP contribution < -0.4 is 14.8 Å². The Labute approximate surface area is 171 Å².